The van der Waals surface area contributed by atoms with Gasteiger partial charge in [0.25, 0.3) is 5.91 Å². The van der Waals surface area contributed by atoms with E-state index in [1.165, 1.54) is 0 Å². The molecule has 0 unspecified atom stereocenters. The van der Waals surface area contributed by atoms with Crippen LogP contribution >= 0.6 is 12.2 Å². The van der Waals surface area contributed by atoms with Gasteiger partial charge in [-0.1, -0.05) is 36.4 Å². The Labute approximate surface area is 207 Å². The summed E-state index contributed by atoms with van der Waals surface area (Å²) in [7, 11) is 0. The molecule has 0 aliphatic heterocycles. The summed E-state index contributed by atoms with van der Waals surface area (Å²) in [4.78, 5) is 24.7. The third kappa shape index (κ3) is 6.24. The van der Waals surface area contributed by atoms with Gasteiger partial charge in [0.05, 0.1) is 5.71 Å². The number of nitrogens with zero attached hydrogens (tertiary/aromatic N) is 1. The van der Waals surface area contributed by atoms with Gasteiger partial charge in [0.2, 0.25) is 0 Å². The first-order valence-corrected chi connectivity index (χ1v) is 11.5. The average molecular weight is 492 g/mol. The maximum Gasteiger partial charge on any atom is 0.305 e. The van der Waals surface area contributed by atoms with Crippen LogP contribution in [-0.2, 0) is 11.2 Å². The number of carbonyl (C=O) groups is 2. The summed E-state index contributed by atoms with van der Waals surface area (Å²) < 4.78 is 11.2. The van der Waals surface area contributed by atoms with Crippen molar-refractivity contribution in [3.05, 3.63) is 83.3 Å². The van der Waals surface area contributed by atoms with Crippen LogP contribution in [0.2, 0.25) is 0 Å². The number of amides is 2. The van der Waals surface area contributed by atoms with E-state index in [4.69, 9.17) is 21.4 Å². The van der Waals surface area contributed by atoms with E-state index in [1.807, 2.05) is 36.4 Å². The highest BCUT2D eigenvalue weighted by molar-refractivity contribution is 7.80. The van der Waals surface area contributed by atoms with E-state index in [9.17, 15) is 9.59 Å². The number of hydrogen-bond acceptors (Lipinski definition) is 6. The Morgan fingerprint density at radius 1 is 1.03 bits per heavy atom. The molecule has 1 heterocycles. The number of aryl methyl sites for hydroxylation is 1. The predicted molar refractivity (Wildman–Crippen MR) is 136 cm³/mol. The Morgan fingerprint density at radius 3 is 2.49 bits per heavy atom. The van der Waals surface area contributed by atoms with E-state index >= 15 is 0 Å². The van der Waals surface area contributed by atoms with E-state index in [-0.39, 0.29) is 12.4 Å². The van der Waals surface area contributed by atoms with Crippen LogP contribution < -0.4 is 26.3 Å². The van der Waals surface area contributed by atoms with E-state index in [0.717, 1.165) is 23.4 Å². The molecule has 3 aromatic rings. The topological polar surface area (TPSA) is 117 Å². The van der Waals surface area contributed by atoms with Crippen LogP contribution in [0.3, 0.4) is 0 Å². The second kappa shape index (κ2) is 11.3. The number of nitrogens with one attached hydrogen (secondary N) is 4. The second-order valence-electron chi connectivity index (χ2n) is 7.80. The number of fused-ring (bicyclic) bond motifs is 1. The zero-order valence-corrected chi connectivity index (χ0v) is 19.9. The van der Waals surface area contributed by atoms with Gasteiger partial charge < -0.3 is 14.5 Å². The van der Waals surface area contributed by atoms with Crippen molar-refractivity contribution in [2.75, 3.05) is 11.9 Å². The van der Waals surface area contributed by atoms with Gasteiger partial charge in [-0.25, -0.2) is 0 Å². The number of benzene rings is 2. The summed E-state index contributed by atoms with van der Waals surface area (Å²) in [5, 5.41) is 7.89. The highest BCUT2D eigenvalue weighted by Crippen LogP contribution is 2.29. The number of para-hydroxylation sites is 2. The Bertz CT molecular complexity index is 1240. The Balaban J connectivity index is 1.36. The van der Waals surface area contributed by atoms with Crippen LogP contribution in [0.4, 0.5) is 5.69 Å². The highest BCUT2D eigenvalue weighted by Gasteiger charge is 2.28. The molecule has 10 heteroatoms. The molecule has 4 N–H and O–H groups in total. The van der Waals surface area contributed by atoms with Crippen molar-refractivity contribution in [2.24, 2.45) is 5.10 Å². The summed E-state index contributed by atoms with van der Waals surface area (Å²) >= 11 is 5.33. The minimum atomic E-state index is -0.557. The standard InChI is InChI=1S/C25H25N5O4S/c1-16-22-19(27-30-25(35)26-17-9-4-2-5-10-17)13-8-14-20(22)34-23(16)24(32)29-28-21(31)15-33-18-11-6-3-7-12-18/h2-7,9-12H,8,13-15H2,1H3,(H,28,31)(H,29,32)(H2,26,30,35)/b27-19+. The predicted octanol–water partition coefficient (Wildman–Crippen LogP) is 3.46. The van der Waals surface area contributed by atoms with Crippen LogP contribution in [0.5, 0.6) is 5.75 Å². The molecule has 0 radical (unpaired) electrons. The Kier molecular flexibility index (Phi) is 7.74. The number of carbonyl (C=O) groups excluding carboxylic acids is 2. The molecule has 0 bridgehead atoms. The van der Waals surface area contributed by atoms with Crippen molar-refractivity contribution in [3.63, 3.8) is 0 Å². The number of hydrazone groups is 1. The molecule has 4 rings (SSSR count). The van der Waals surface area contributed by atoms with Gasteiger partial charge in [0.15, 0.2) is 17.5 Å². The molecule has 0 atom stereocenters. The summed E-state index contributed by atoms with van der Waals surface area (Å²) in [6.07, 6.45) is 2.23. The lowest BCUT2D eigenvalue weighted by Gasteiger charge is -2.14. The van der Waals surface area contributed by atoms with Crippen molar-refractivity contribution in [3.8, 4) is 5.75 Å². The number of thiocarbonyl (C=S) groups is 1. The minimum Gasteiger partial charge on any atom is -0.484 e. The lowest BCUT2D eigenvalue weighted by Crippen LogP contribution is -2.43. The molecule has 2 amide bonds. The van der Waals surface area contributed by atoms with Crippen LogP contribution in [0, 0.1) is 6.92 Å². The highest BCUT2D eigenvalue weighted by atomic mass is 32.1. The molecule has 0 spiro atoms. The zero-order valence-electron chi connectivity index (χ0n) is 19.1. The van der Waals surface area contributed by atoms with Crippen molar-refractivity contribution in [2.45, 2.75) is 26.2 Å². The molecule has 1 aliphatic carbocycles. The maximum atomic E-state index is 12.7. The first kappa shape index (κ1) is 24.0. The monoisotopic (exact) mass is 491 g/mol. The molecule has 0 saturated heterocycles. The molecule has 180 valence electrons. The van der Waals surface area contributed by atoms with Gasteiger partial charge in [0.1, 0.15) is 11.5 Å². The number of rotatable bonds is 6. The Hall–Kier alpha value is -4.18. The fourth-order valence-corrected chi connectivity index (χ4v) is 3.84. The fraction of sp³-hybridized carbons (Fsp3) is 0.200. The number of hydrazine groups is 1. The van der Waals surface area contributed by atoms with Crippen molar-refractivity contribution in [1.29, 1.82) is 0 Å². The first-order valence-electron chi connectivity index (χ1n) is 11.1. The lowest BCUT2D eigenvalue weighted by molar-refractivity contribution is -0.123. The Morgan fingerprint density at radius 2 is 1.74 bits per heavy atom. The molecule has 2 aromatic carbocycles. The number of ether oxygens (including phenoxy) is 1. The SMILES string of the molecule is Cc1c(C(=O)NNC(=O)COc2ccccc2)oc2c1/C(=N/NC(=S)Nc1ccccc1)CCC2. The number of furan rings is 1. The smallest absolute Gasteiger partial charge is 0.305 e. The largest absolute Gasteiger partial charge is 0.484 e. The summed E-state index contributed by atoms with van der Waals surface area (Å²) in [5.41, 5.74) is 10.6. The van der Waals surface area contributed by atoms with Crippen LogP contribution in [-0.4, -0.2) is 29.2 Å². The van der Waals surface area contributed by atoms with Gasteiger partial charge in [-0.3, -0.25) is 25.9 Å². The summed E-state index contributed by atoms with van der Waals surface area (Å²) in [6, 6.07) is 18.5. The van der Waals surface area contributed by atoms with Gasteiger partial charge in [-0.05, 0) is 56.2 Å². The first-order chi connectivity index (χ1) is 17.0. The second-order valence-corrected chi connectivity index (χ2v) is 8.21. The fourth-order valence-electron chi connectivity index (χ4n) is 3.68. The quantitative estimate of drug-likeness (QED) is 0.308. The summed E-state index contributed by atoms with van der Waals surface area (Å²) in [6.45, 7) is 1.55. The lowest BCUT2D eigenvalue weighted by atomic mass is 9.93. The van der Waals surface area contributed by atoms with Gasteiger partial charge in [-0.2, -0.15) is 5.10 Å². The van der Waals surface area contributed by atoms with Crippen LogP contribution in [0.1, 0.15) is 40.3 Å². The van der Waals surface area contributed by atoms with E-state index in [1.54, 1.807) is 31.2 Å². The number of hydrogen-bond donors (Lipinski definition) is 4. The molecule has 0 fully saturated rings. The molecule has 9 nitrogen and oxygen atoms in total. The number of anilines is 1. The third-order valence-corrected chi connectivity index (χ3v) is 5.48. The molecular formula is C25H25N5O4S. The van der Waals surface area contributed by atoms with E-state index in [2.05, 4.69) is 26.7 Å². The van der Waals surface area contributed by atoms with Crippen LogP contribution in [0.15, 0.2) is 70.2 Å². The molecule has 0 saturated carbocycles. The van der Waals surface area contributed by atoms with Crippen molar-refractivity contribution >= 4 is 40.5 Å². The molecule has 1 aliphatic rings. The van der Waals surface area contributed by atoms with Crippen LogP contribution in [0.25, 0.3) is 0 Å². The molecule has 35 heavy (non-hydrogen) atoms. The normalized spacial score (nSPS) is 13.5. The zero-order chi connectivity index (χ0) is 24.6. The molecular weight excluding hydrogens is 466 g/mol. The van der Waals surface area contributed by atoms with Gasteiger partial charge in [0, 0.05) is 23.2 Å². The average Bonchev–Trinajstić information content (AvgIpc) is 3.23. The van der Waals surface area contributed by atoms with E-state index in [0.29, 0.717) is 35.0 Å². The van der Waals surface area contributed by atoms with Crippen molar-refractivity contribution < 1.29 is 18.7 Å². The third-order valence-electron chi connectivity index (χ3n) is 5.28. The summed E-state index contributed by atoms with van der Waals surface area (Å²) in [5.74, 6) is 0.307. The molecule has 1 aromatic heterocycles. The van der Waals surface area contributed by atoms with E-state index < -0.39 is 11.8 Å². The van der Waals surface area contributed by atoms with Gasteiger partial charge >= 0.3 is 5.91 Å². The maximum absolute atomic E-state index is 12.7. The van der Waals surface area contributed by atoms with Crippen molar-refractivity contribution in [1.82, 2.24) is 16.3 Å². The minimum absolute atomic E-state index is 0.124. The van der Waals surface area contributed by atoms with Gasteiger partial charge in [-0.15, -0.1) is 0 Å².